The van der Waals surface area contributed by atoms with E-state index in [-0.39, 0.29) is 0 Å². The quantitative estimate of drug-likeness (QED) is 0.900. The number of nitrogens with one attached hydrogen (secondary N) is 1. The van der Waals surface area contributed by atoms with Crippen molar-refractivity contribution in [1.82, 2.24) is 15.1 Å². The molecule has 1 N–H and O–H groups in total. The summed E-state index contributed by atoms with van der Waals surface area (Å²) in [5.74, 6) is 0.866. The molecule has 21 heavy (non-hydrogen) atoms. The Balaban J connectivity index is 1.58. The van der Waals surface area contributed by atoms with Crippen molar-refractivity contribution in [2.45, 2.75) is 44.7 Å². The highest BCUT2D eigenvalue weighted by molar-refractivity contribution is 5.43. The Bertz CT molecular complexity index is 428. The van der Waals surface area contributed by atoms with Gasteiger partial charge in [-0.3, -0.25) is 4.68 Å². The number of piperazine rings is 1. The van der Waals surface area contributed by atoms with E-state index in [1.54, 1.807) is 7.11 Å². The molecule has 118 valence electrons. The number of aromatic nitrogens is 2. The first-order valence-corrected chi connectivity index (χ1v) is 8.36. The van der Waals surface area contributed by atoms with Crippen LogP contribution in [0.5, 0.6) is 0 Å². The summed E-state index contributed by atoms with van der Waals surface area (Å²) in [6.45, 7) is 4.84. The Morgan fingerprint density at radius 2 is 2.19 bits per heavy atom. The van der Waals surface area contributed by atoms with Gasteiger partial charge in [0.2, 0.25) is 0 Å². The van der Waals surface area contributed by atoms with Gasteiger partial charge in [-0.2, -0.15) is 5.10 Å². The highest BCUT2D eigenvalue weighted by Gasteiger charge is 2.28. The molecule has 1 saturated heterocycles. The maximum absolute atomic E-state index is 5.11. The Morgan fingerprint density at radius 1 is 1.33 bits per heavy atom. The predicted octanol–water partition coefficient (Wildman–Crippen LogP) is 1.89. The van der Waals surface area contributed by atoms with Crippen molar-refractivity contribution >= 4 is 5.69 Å². The van der Waals surface area contributed by atoms with Crippen LogP contribution in [0, 0.1) is 5.92 Å². The van der Waals surface area contributed by atoms with E-state index >= 15 is 0 Å². The maximum Gasteiger partial charge on any atom is 0.0753 e. The summed E-state index contributed by atoms with van der Waals surface area (Å²) in [5.41, 5.74) is 1.26. The van der Waals surface area contributed by atoms with E-state index in [0.29, 0.717) is 12.6 Å². The highest BCUT2D eigenvalue weighted by atomic mass is 16.5. The third kappa shape index (κ3) is 3.77. The van der Waals surface area contributed by atoms with Crippen molar-refractivity contribution in [1.29, 1.82) is 0 Å². The van der Waals surface area contributed by atoms with Crippen molar-refractivity contribution in [3.8, 4) is 0 Å². The molecule has 1 atom stereocenters. The van der Waals surface area contributed by atoms with Crippen molar-refractivity contribution < 1.29 is 4.74 Å². The lowest BCUT2D eigenvalue weighted by Gasteiger charge is -2.39. The Labute approximate surface area is 127 Å². The number of anilines is 1. The van der Waals surface area contributed by atoms with Gasteiger partial charge in [0.1, 0.15) is 0 Å². The average Bonchev–Trinajstić information content (AvgIpc) is 3.03. The molecule has 0 bridgehead atoms. The third-order valence-corrected chi connectivity index (χ3v) is 4.93. The summed E-state index contributed by atoms with van der Waals surface area (Å²) in [6, 6.07) is 0.654. The molecule has 1 saturated carbocycles. The van der Waals surface area contributed by atoms with Crippen LogP contribution in [-0.2, 0) is 11.3 Å². The molecule has 1 aromatic heterocycles. The molecule has 2 fully saturated rings. The number of rotatable bonds is 5. The molecule has 0 amide bonds. The summed E-state index contributed by atoms with van der Waals surface area (Å²) < 4.78 is 7.10. The largest absolute Gasteiger partial charge is 0.383 e. The third-order valence-electron chi connectivity index (χ3n) is 4.93. The molecule has 0 spiro atoms. The van der Waals surface area contributed by atoms with Gasteiger partial charge in [-0.1, -0.05) is 19.3 Å². The molecule has 5 nitrogen and oxygen atoms in total. The first-order valence-electron chi connectivity index (χ1n) is 8.36. The summed E-state index contributed by atoms with van der Waals surface area (Å²) in [6.07, 6.45) is 11.2. The SMILES string of the molecule is COCCn1cc(N2CCNC(C3CCCCC3)C2)cn1. The van der Waals surface area contributed by atoms with E-state index in [2.05, 4.69) is 21.5 Å². The molecular formula is C16H28N4O. The average molecular weight is 292 g/mol. The van der Waals surface area contributed by atoms with Crippen LogP contribution >= 0.6 is 0 Å². The monoisotopic (exact) mass is 292 g/mol. The molecule has 2 aliphatic rings. The van der Waals surface area contributed by atoms with Gasteiger partial charge in [0.05, 0.1) is 25.0 Å². The second-order valence-corrected chi connectivity index (χ2v) is 6.36. The van der Waals surface area contributed by atoms with Crippen molar-refractivity contribution in [2.24, 2.45) is 5.92 Å². The van der Waals surface area contributed by atoms with Crippen LogP contribution in [0.15, 0.2) is 12.4 Å². The smallest absolute Gasteiger partial charge is 0.0753 e. The lowest BCUT2D eigenvalue weighted by Crippen LogP contribution is -2.54. The van der Waals surface area contributed by atoms with E-state index < -0.39 is 0 Å². The van der Waals surface area contributed by atoms with Crippen LogP contribution in [0.3, 0.4) is 0 Å². The van der Waals surface area contributed by atoms with Gasteiger partial charge in [0, 0.05) is 39.0 Å². The van der Waals surface area contributed by atoms with Crippen LogP contribution in [0.2, 0.25) is 0 Å². The van der Waals surface area contributed by atoms with Gasteiger partial charge >= 0.3 is 0 Å². The molecule has 0 radical (unpaired) electrons. The predicted molar refractivity (Wildman–Crippen MR) is 84.7 cm³/mol. The van der Waals surface area contributed by atoms with Gasteiger partial charge in [-0.15, -0.1) is 0 Å². The number of hydrogen-bond donors (Lipinski definition) is 1. The molecule has 0 aromatic carbocycles. The summed E-state index contributed by atoms with van der Waals surface area (Å²) >= 11 is 0. The Hall–Kier alpha value is -1.07. The highest BCUT2D eigenvalue weighted by Crippen LogP contribution is 2.28. The van der Waals surface area contributed by atoms with Gasteiger partial charge in [0.15, 0.2) is 0 Å². The maximum atomic E-state index is 5.11. The lowest BCUT2D eigenvalue weighted by molar-refractivity contribution is 0.183. The number of methoxy groups -OCH3 is 1. The van der Waals surface area contributed by atoms with E-state index in [4.69, 9.17) is 4.74 Å². The second kappa shape index (κ2) is 7.27. The van der Waals surface area contributed by atoms with Gasteiger partial charge in [-0.05, 0) is 18.8 Å². The van der Waals surface area contributed by atoms with E-state index in [1.165, 1.54) is 37.8 Å². The molecule has 1 aliphatic heterocycles. The molecule has 3 rings (SSSR count). The van der Waals surface area contributed by atoms with Crippen LogP contribution in [-0.4, -0.2) is 49.2 Å². The summed E-state index contributed by atoms with van der Waals surface area (Å²) in [7, 11) is 1.73. The van der Waals surface area contributed by atoms with Crippen LogP contribution < -0.4 is 10.2 Å². The van der Waals surface area contributed by atoms with Crippen molar-refractivity contribution in [2.75, 3.05) is 38.3 Å². The normalized spacial score (nSPS) is 24.4. The Morgan fingerprint density at radius 3 is 3.00 bits per heavy atom. The van der Waals surface area contributed by atoms with Gasteiger partial charge in [0.25, 0.3) is 0 Å². The molecule has 1 unspecified atom stereocenters. The molecule has 5 heteroatoms. The lowest BCUT2D eigenvalue weighted by atomic mass is 9.83. The minimum Gasteiger partial charge on any atom is -0.383 e. The number of nitrogens with zero attached hydrogens (tertiary/aromatic N) is 3. The molecule has 1 aromatic rings. The second-order valence-electron chi connectivity index (χ2n) is 6.36. The summed E-state index contributed by atoms with van der Waals surface area (Å²) in [5, 5.41) is 8.18. The van der Waals surface area contributed by atoms with E-state index in [1.807, 2.05) is 10.9 Å². The molecular weight excluding hydrogens is 264 g/mol. The minimum absolute atomic E-state index is 0.654. The van der Waals surface area contributed by atoms with Crippen LogP contribution in [0.25, 0.3) is 0 Å². The minimum atomic E-state index is 0.654. The van der Waals surface area contributed by atoms with E-state index in [0.717, 1.165) is 32.1 Å². The standard InChI is InChI=1S/C16H28N4O/c1-21-10-9-20-12-15(11-18-20)19-8-7-17-16(13-19)14-5-3-2-4-6-14/h11-12,14,16-17H,2-10,13H2,1H3. The first kappa shape index (κ1) is 14.9. The molecule has 2 heterocycles. The first-order chi connectivity index (χ1) is 10.4. The van der Waals surface area contributed by atoms with E-state index in [9.17, 15) is 0 Å². The zero-order chi connectivity index (χ0) is 14.5. The zero-order valence-electron chi connectivity index (χ0n) is 13.1. The van der Waals surface area contributed by atoms with Crippen LogP contribution in [0.1, 0.15) is 32.1 Å². The fourth-order valence-electron chi connectivity index (χ4n) is 3.69. The fraction of sp³-hybridized carbons (Fsp3) is 0.812. The van der Waals surface area contributed by atoms with Crippen molar-refractivity contribution in [3.05, 3.63) is 12.4 Å². The summed E-state index contributed by atoms with van der Waals surface area (Å²) in [4.78, 5) is 2.49. The van der Waals surface area contributed by atoms with Gasteiger partial charge in [-0.25, -0.2) is 0 Å². The topological polar surface area (TPSA) is 42.3 Å². The number of hydrogen-bond acceptors (Lipinski definition) is 4. The fourth-order valence-corrected chi connectivity index (χ4v) is 3.69. The number of ether oxygens (including phenoxy) is 1. The van der Waals surface area contributed by atoms with Gasteiger partial charge < -0.3 is 15.0 Å². The van der Waals surface area contributed by atoms with Crippen LogP contribution in [0.4, 0.5) is 5.69 Å². The zero-order valence-corrected chi connectivity index (χ0v) is 13.1. The molecule has 1 aliphatic carbocycles. The Kier molecular flexibility index (Phi) is 5.14. The van der Waals surface area contributed by atoms with Crippen molar-refractivity contribution in [3.63, 3.8) is 0 Å².